The van der Waals surface area contributed by atoms with Gasteiger partial charge in [0.1, 0.15) is 5.82 Å². The molecule has 0 aliphatic heterocycles. The summed E-state index contributed by atoms with van der Waals surface area (Å²) in [6.45, 7) is 8.04. The van der Waals surface area contributed by atoms with E-state index in [-0.39, 0.29) is 11.9 Å². The van der Waals surface area contributed by atoms with E-state index >= 15 is 0 Å². The van der Waals surface area contributed by atoms with Crippen LogP contribution < -0.4 is 21.3 Å². The topological polar surface area (TPSA) is 91.0 Å². The minimum atomic E-state index is 0.0143. The molecule has 7 nitrogen and oxygen atoms in total. The third-order valence-corrected chi connectivity index (χ3v) is 5.30. The third-order valence-electron chi connectivity index (χ3n) is 4.72. The van der Waals surface area contributed by atoms with Crippen molar-refractivity contribution in [1.29, 1.82) is 0 Å². The Labute approximate surface area is 192 Å². The summed E-state index contributed by atoms with van der Waals surface area (Å²) in [4.78, 5) is 20.8. The molecule has 3 rings (SSSR count). The van der Waals surface area contributed by atoms with Crippen LogP contribution in [0.1, 0.15) is 32.3 Å². The molecule has 4 N–H and O–H groups in total. The van der Waals surface area contributed by atoms with Gasteiger partial charge in [-0.2, -0.15) is 4.98 Å². The van der Waals surface area contributed by atoms with Crippen LogP contribution in [0.2, 0.25) is 0 Å². The second-order valence-corrected chi connectivity index (χ2v) is 8.75. The Morgan fingerprint density at radius 3 is 2.61 bits per heavy atom. The van der Waals surface area contributed by atoms with Gasteiger partial charge in [-0.25, -0.2) is 4.98 Å². The van der Waals surface area contributed by atoms with Crippen molar-refractivity contribution < 1.29 is 4.79 Å². The van der Waals surface area contributed by atoms with Crippen molar-refractivity contribution in [3.63, 3.8) is 0 Å². The SMILES string of the molecule is C=C(/C=C(\NC)Nc1nc(Nc2ccc(CC(=O)NC(C)C)cc2)ncc1Br)C1CC1. The van der Waals surface area contributed by atoms with E-state index in [2.05, 4.69) is 53.7 Å². The van der Waals surface area contributed by atoms with Crippen LogP contribution in [-0.4, -0.2) is 29.0 Å². The molecule has 0 spiro atoms. The molecule has 1 aliphatic rings. The fourth-order valence-electron chi connectivity index (χ4n) is 2.96. The Bertz CT molecular complexity index is 967. The quantitative estimate of drug-likeness (QED) is 0.371. The maximum Gasteiger partial charge on any atom is 0.229 e. The summed E-state index contributed by atoms with van der Waals surface area (Å²) in [7, 11) is 1.86. The van der Waals surface area contributed by atoms with Crippen molar-refractivity contribution in [2.24, 2.45) is 5.92 Å². The summed E-state index contributed by atoms with van der Waals surface area (Å²) in [6, 6.07) is 7.80. The minimum absolute atomic E-state index is 0.0143. The monoisotopic (exact) mass is 484 g/mol. The summed E-state index contributed by atoms with van der Waals surface area (Å²) in [5.74, 6) is 2.54. The highest BCUT2D eigenvalue weighted by molar-refractivity contribution is 9.10. The molecule has 0 atom stereocenters. The molecule has 1 saturated carbocycles. The van der Waals surface area contributed by atoms with Crippen LogP contribution in [0.5, 0.6) is 0 Å². The largest absolute Gasteiger partial charge is 0.375 e. The Hall–Kier alpha value is -2.87. The maximum absolute atomic E-state index is 11.9. The van der Waals surface area contributed by atoms with E-state index in [1.54, 1.807) is 6.20 Å². The van der Waals surface area contributed by atoms with Gasteiger partial charge in [-0.15, -0.1) is 0 Å². The number of nitrogens with zero attached hydrogens (tertiary/aromatic N) is 2. The van der Waals surface area contributed by atoms with Crippen molar-refractivity contribution in [3.8, 4) is 0 Å². The fraction of sp³-hybridized carbons (Fsp3) is 0.348. The van der Waals surface area contributed by atoms with Gasteiger partial charge >= 0.3 is 0 Å². The van der Waals surface area contributed by atoms with E-state index in [1.807, 2.05) is 51.2 Å². The van der Waals surface area contributed by atoms with Gasteiger partial charge in [-0.1, -0.05) is 18.7 Å². The van der Waals surface area contributed by atoms with Crippen molar-refractivity contribution >= 4 is 39.3 Å². The number of halogens is 1. The van der Waals surface area contributed by atoms with Crippen molar-refractivity contribution in [1.82, 2.24) is 20.6 Å². The van der Waals surface area contributed by atoms with Crippen LogP contribution >= 0.6 is 15.9 Å². The summed E-state index contributed by atoms with van der Waals surface area (Å²) < 4.78 is 0.753. The predicted molar refractivity (Wildman–Crippen MR) is 129 cm³/mol. The molecule has 0 bridgehead atoms. The number of nitrogens with one attached hydrogen (secondary N) is 4. The molecule has 1 aromatic heterocycles. The molecule has 1 heterocycles. The maximum atomic E-state index is 11.9. The zero-order valence-electron chi connectivity index (χ0n) is 18.1. The highest BCUT2D eigenvalue weighted by Crippen LogP contribution is 2.36. The lowest BCUT2D eigenvalue weighted by molar-refractivity contribution is -0.120. The van der Waals surface area contributed by atoms with Gasteiger partial charge in [0.2, 0.25) is 11.9 Å². The normalized spacial score (nSPS) is 13.6. The smallest absolute Gasteiger partial charge is 0.229 e. The number of hydrogen-bond donors (Lipinski definition) is 4. The molecule has 31 heavy (non-hydrogen) atoms. The zero-order chi connectivity index (χ0) is 22.4. The van der Waals surface area contributed by atoms with Gasteiger partial charge in [0.05, 0.1) is 10.9 Å². The number of benzene rings is 1. The van der Waals surface area contributed by atoms with E-state index in [9.17, 15) is 4.79 Å². The first kappa shape index (κ1) is 22.8. The molecule has 164 valence electrons. The highest BCUT2D eigenvalue weighted by Gasteiger charge is 2.23. The van der Waals surface area contributed by atoms with Crippen molar-refractivity contribution in [2.45, 2.75) is 39.2 Å². The Morgan fingerprint density at radius 2 is 2.00 bits per heavy atom. The summed E-state index contributed by atoms with van der Waals surface area (Å²) >= 11 is 3.50. The number of aromatic nitrogens is 2. The Morgan fingerprint density at radius 1 is 1.29 bits per heavy atom. The molecule has 1 amide bonds. The number of carbonyl (C=O) groups excluding carboxylic acids is 1. The van der Waals surface area contributed by atoms with Crippen LogP contribution in [0.15, 0.2) is 59.0 Å². The average Bonchev–Trinajstić information content (AvgIpc) is 3.56. The molecule has 2 aromatic rings. The lowest BCUT2D eigenvalue weighted by Gasteiger charge is -2.13. The van der Waals surface area contributed by atoms with Gasteiger partial charge in [-0.3, -0.25) is 4.79 Å². The molecule has 1 aromatic carbocycles. The Kier molecular flexibility index (Phi) is 7.68. The van der Waals surface area contributed by atoms with E-state index in [4.69, 9.17) is 0 Å². The van der Waals surface area contributed by atoms with E-state index in [0.29, 0.717) is 24.1 Å². The highest BCUT2D eigenvalue weighted by atomic mass is 79.9. The van der Waals surface area contributed by atoms with Gasteiger partial charge in [0.25, 0.3) is 0 Å². The number of hydrogen-bond acceptors (Lipinski definition) is 6. The molecular weight excluding hydrogens is 456 g/mol. The molecular formula is C23H29BrN6O. The second kappa shape index (κ2) is 10.4. The molecule has 0 unspecified atom stereocenters. The van der Waals surface area contributed by atoms with Gasteiger partial charge in [-0.05, 0) is 77.9 Å². The van der Waals surface area contributed by atoms with Crippen LogP contribution in [-0.2, 0) is 11.2 Å². The number of rotatable bonds is 10. The van der Waals surface area contributed by atoms with Crippen LogP contribution in [0.3, 0.4) is 0 Å². The lowest BCUT2D eigenvalue weighted by atomic mass is 10.1. The third kappa shape index (κ3) is 7.10. The van der Waals surface area contributed by atoms with Crippen LogP contribution in [0.4, 0.5) is 17.5 Å². The minimum Gasteiger partial charge on any atom is -0.375 e. The van der Waals surface area contributed by atoms with E-state index in [0.717, 1.165) is 27.1 Å². The first-order chi connectivity index (χ1) is 14.8. The van der Waals surface area contributed by atoms with Crippen molar-refractivity contribution in [2.75, 3.05) is 17.7 Å². The van der Waals surface area contributed by atoms with E-state index in [1.165, 1.54) is 12.8 Å². The fourth-order valence-corrected chi connectivity index (χ4v) is 3.25. The number of anilines is 3. The summed E-state index contributed by atoms with van der Waals surface area (Å²) in [5.41, 5.74) is 2.90. The molecule has 8 heteroatoms. The van der Waals surface area contributed by atoms with E-state index < -0.39 is 0 Å². The lowest BCUT2D eigenvalue weighted by Crippen LogP contribution is -2.31. The first-order valence-corrected chi connectivity index (χ1v) is 11.2. The summed E-state index contributed by atoms with van der Waals surface area (Å²) in [6.07, 6.45) is 6.49. The average molecular weight is 485 g/mol. The molecule has 0 saturated heterocycles. The number of amides is 1. The molecule has 0 radical (unpaired) electrons. The zero-order valence-corrected chi connectivity index (χ0v) is 19.7. The molecule has 1 fully saturated rings. The predicted octanol–water partition coefficient (Wildman–Crippen LogP) is 4.49. The first-order valence-electron chi connectivity index (χ1n) is 10.4. The van der Waals surface area contributed by atoms with Crippen LogP contribution in [0, 0.1) is 5.92 Å². The van der Waals surface area contributed by atoms with Gasteiger partial charge in [0.15, 0.2) is 5.82 Å². The van der Waals surface area contributed by atoms with Gasteiger partial charge in [0, 0.05) is 25.0 Å². The molecule has 1 aliphatic carbocycles. The van der Waals surface area contributed by atoms with Crippen molar-refractivity contribution in [3.05, 3.63) is 64.5 Å². The summed E-state index contributed by atoms with van der Waals surface area (Å²) in [5, 5.41) is 12.5. The standard InChI is InChI=1S/C23H29BrN6O/c1-14(2)27-21(31)12-16-5-9-18(10-6-16)28-23-26-13-19(24)22(30-23)29-20(25-4)11-15(3)17-7-8-17/h5-6,9-11,13-14,17,25H,3,7-8,12H2,1-2,4H3,(H,27,31)(H2,26,28,29,30)/b20-11+. The Balaban J connectivity index is 1.65. The van der Waals surface area contributed by atoms with Crippen LogP contribution in [0.25, 0.3) is 0 Å². The second-order valence-electron chi connectivity index (χ2n) is 7.89. The number of carbonyl (C=O) groups is 1. The number of allylic oxidation sites excluding steroid dienone is 2. The van der Waals surface area contributed by atoms with Gasteiger partial charge < -0.3 is 21.3 Å².